The number of benzene rings is 3. The minimum Gasteiger partial charge on any atom is -0.494 e. The van der Waals surface area contributed by atoms with Crippen molar-refractivity contribution in [1.82, 2.24) is 10.6 Å². The van der Waals surface area contributed by atoms with Gasteiger partial charge in [-0.3, -0.25) is 4.79 Å². The largest absolute Gasteiger partial charge is 0.494 e. The van der Waals surface area contributed by atoms with Gasteiger partial charge in [0.2, 0.25) is 9.70 Å². The number of carbonyl (C=O) groups is 1. The normalized spacial score (nSPS) is 12.0. The number of carbonyl (C=O) groups excluding carboxylic acids is 1. The van der Waals surface area contributed by atoms with Crippen molar-refractivity contribution in [3.8, 4) is 5.75 Å². The minimum atomic E-state index is -1.88. The van der Waals surface area contributed by atoms with E-state index in [2.05, 4.69) is 16.0 Å². The lowest BCUT2D eigenvalue weighted by molar-refractivity contribution is -0.122. The van der Waals surface area contributed by atoms with Gasteiger partial charge in [-0.2, -0.15) is 0 Å². The van der Waals surface area contributed by atoms with Gasteiger partial charge in [0, 0.05) is 5.69 Å². The number of thiocarbonyl (C=S) groups is 1. The summed E-state index contributed by atoms with van der Waals surface area (Å²) in [6.07, 6.45) is -1.09. The molecule has 0 saturated carbocycles. The highest BCUT2D eigenvalue weighted by Crippen LogP contribution is 2.31. The standard InChI is InChI=1S/C25H24Cl3N3O2S/c1-2-33-20-15-13-19(14-16-20)29-24(34)31-23(25(26,27)28)30-22(32)21(17-9-5-3-6-10-17)18-11-7-4-8-12-18/h3-16,21,23H,2H2,1H3,(H,30,32)(H2,29,31,34). The molecule has 0 spiro atoms. The Morgan fingerprint density at radius 2 is 1.41 bits per heavy atom. The van der Waals surface area contributed by atoms with Gasteiger partial charge < -0.3 is 20.7 Å². The van der Waals surface area contributed by atoms with Crippen LogP contribution in [0.25, 0.3) is 0 Å². The lowest BCUT2D eigenvalue weighted by Gasteiger charge is -2.29. The Labute approximate surface area is 219 Å². The van der Waals surface area contributed by atoms with E-state index in [1.807, 2.05) is 91.9 Å². The van der Waals surface area contributed by atoms with E-state index in [0.29, 0.717) is 12.3 Å². The molecule has 34 heavy (non-hydrogen) atoms. The molecule has 1 atom stereocenters. The number of hydrogen-bond donors (Lipinski definition) is 3. The third-order valence-electron chi connectivity index (χ3n) is 4.84. The van der Waals surface area contributed by atoms with Crippen molar-refractivity contribution in [3.05, 3.63) is 96.1 Å². The highest BCUT2D eigenvalue weighted by atomic mass is 35.6. The lowest BCUT2D eigenvalue weighted by Crippen LogP contribution is -2.57. The van der Waals surface area contributed by atoms with Crippen molar-refractivity contribution in [3.63, 3.8) is 0 Å². The van der Waals surface area contributed by atoms with Crippen LogP contribution in [0.3, 0.4) is 0 Å². The van der Waals surface area contributed by atoms with Crippen LogP contribution in [0.5, 0.6) is 5.75 Å². The van der Waals surface area contributed by atoms with Crippen LogP contribution >= 0.6 is 47.0 Å². The Morgan fingerprint density at radius 3 is 1.88 bits per heavy atom. The van der Waals surface area contributed by atoms with Crippen LogP contribution in [-0.4, -0.2) is 27.6 Å². The maximum absolute atomic E-state index is 13.4. The molecule has 0 aliphatic heterocycles. The maximum atomic E-state index is 13.4. The van der Waals surface area contributed by atoms with E-state index in [1.165, 1.54) is 0 Å². The quantitative estimate of drug-likeness (QED) is 0.187. The predicted octanol–water partition coefficient (Wildman–Crippen LogP) is 6.02. The first-order valence-corrected chi connectivity index (χ1v) is 12.1. The molecule has 3 aromatic carbocycles. The Kier molecular flexibility index (Phi) is 9.42. The summed E-state index contributed by atoms with van der Waals surface area (Å²) >= 11 is 24.0. The van der Waals surface area contributed by atoms with Crippen LogP contribution in [0.4, 0.5) is 5.69 Å². The molecule has 0 fully saturated rings. The van der Waals surface area contributed by atoms with Gasteiger partial charge in [-0.05, 0) is 54.5 Å². The second-order valence-corrected chi connectivity index (χ2v) is 10.1. The maximum Gasteiger partial charge on any atom is 0.233 e. The van der Waals surface area contributed by atoms with E-state index < -0.39 is 15.9 Å². The number of rotatable bonds is 8. The van der Waals surface area contributed by atoms with Crippen LogP contribution in [-0.2, 0) is 4.79 Å². The fraction of sp³-hybridized carbons (Fsp3) is 0.200. The first-order valence-electron chi connectivity index (χ1n) is 10.5. The molecule has 3 N–H and O–H groups in total. The molecule has 178 valence electrons. The van der Waals surface area contributed by atoms with Crippen LogP contribution in [0.2, 0.25) is 0 Å². The van der Waals surface area contributed by atoms with Crippen molar-refractivity contribution in [2.45, 2.75) is 22.8 Å². The molecule has 0 aliphatic carbocycles. The van der Waals surface area contributed by atoms with E-state index in [1.54, 1.807) is 0 Å². The average Bonchev–Trinajstić information content (AvgIpc) is 2.81. The van der Waals surface area contributed by atoms with Gasteiger partial charge in [0.1, 0.15) is 11.9 Å². The topological polar surface area (TPSA) is 62.4 Å². The molecule has 3 aromatic rings. The van der Waals surface area contributed by atoms with E-state index >= 15 is 0 Å². The van der Waals surface area contributed by atoms with Gasteiger partial charge in [0.05, 0.1) is 12.5 Å². The summed E-state index contributed by atoms with van der Waals surface area (Å²) in [7, 11) is 0. The molecule has 5 nitrogen and oxygen atoms in total. The zero-order chi connectivity index (χ0) is 24.6. The molecule has 0 heterocycles. The van der Waals surface area contributed by atoms with E-state index in [-0.39, 0.29) is 11.0 Å². The summed E-state index contributed by atoms with van der Waals surface area (Å²) in [6.45, 7) is 2.49. The number of ether oxygens (including phenoxy) is 1. The Bertz CT molecular complexity index is 1040. The monoisotopic (exact) mass is 535 g/mol. The molecule has 0 radical (unpaired) electrons. The zero-order valence-electron chi connectivity index (χ0n) is 18.3. The second kappa shape index (κ2) is 12.3. The highest BCUT2D eigenvalue weighted by molar-refractivity contribution is 7.80. The number of hydrogen-bond acceptors (Lipinski definition) is 3. The third-order valence-corrected chi connectivity index (χ3v) is 5.72. The van der Waals surface area contributed by atoms with Crippen LogP contribution in [0, 0.1) is 0 Å². The van der Waals surface area contributed by atoms with E-state index in [4.69, 9.17) is 51.8 Å². The number of halogens is 3. The molecule has 0 bridgehead atoms. The number of anilines is 1. The molecular formula is C25H24Cl3N3O2S. The Morgan fingerprint density at radius 1 is 0.882 bits per heavy atom. The molecular weight excluding hydrogens is 513 g/mol. The molecule has 1 unspecified atom stereocenters. The number of nitrogens with one attached hydrogen (secondary N) is 3. The molecule has 0 saturated heterocycles. The fourth-order valence-corrected chi connectivity index (χ4v) is 3.87. The average molecular weight is 537 g/mol. The fourth-order valence-electron chi connectivity index (χ4n) is 3.31. The molecule has 9 heteroatoms. The smallest absolute Gasteiger partial charge is 0.233 e. The van der Waals surface area contributed by atoms with Crippen molar-refractivity contribution >= 4 is 63.7 Å². The number of amides is 1. The van der Waals surface area contributed by atoms with Gasteiger partial charge in [-0.15, -0.1) is 0 Å². The van der Waals surface area contributed by atoms with E-state index in [0.717, 1.165) is 16.9 Å². The van der Waals surface area contributed by atoms with E-state index in [9.17, 15) is 4.79 Å². The summed E-state index contributed by atoms with van der Waals surface area (Å²) in [4.78, 5) is 13.4. The lowest BCUT2D eigenvalue weighted by atomic mass is 9.90. The summed E-state index contributed by atoms with van der Waals surface area (Å²) in [5.74, 6) is -0.206. The minimum absolute atomic E-state index is 0.178. The SMILES string of the molecule is CCOc1ccc(NC(=S)NC(NC(=O)C(c2ccccc2)c2ccccc2)C(Cl)(Cl)Cl)cc1. The molecule has 0 aromatic heterocycles. The first kappa shape index (κ1) is 26.1. The summed E-state index contributed by atoms with van der Waals surface area (Å²) in [5.41, 5.74) is 2.33. The zero-order valence-corrected chi connectivity index (χ0v) is 21.4. The Hall–Kier alpha value is -2.51. The Balaban J connectivity index is 1.75. The first-order chi connectivity index (χ1) is 16.3. The van der Waals surface area contributed by atoms with Gasteiger partial charge >= 0.3 is 0 Å². The third kappa shape index (κ3) is 7.50. The van der Waals surface area contributed by atoms with Crippen molar-refractivity contribution in [1.29, 1.82) is 0 Å². The van der Waals surface area contributed by atoms with Crippen molar-refractivity contribution in [2.24, 2.45) is 0 Å². The second-order valence-electron chi connectivity index (χ2n) is 7.29. The molecule has 3 rings (SSSR count). The van der Waals surface area contributed by atoms with Gasteiger partial charge in [-0.25, -0.2) is 0 Å². The highest BCUT2D eigenvalue weighted by Gasteiger charge is 2.36. The predicted molar refractivity (Wildman–Crippen MR) is 144 cm³/mol. The molecule has 1 amide bonds. The summed E-state index contributed by atoms with van der Waals surface area (Å²) < 4.78 is 3.56. The summed E-state index contributed by atoms with van der Waals surface area (Å²) in [6, 6.07) is 26.0. The van der Waals surface area contributed by atoms with Crippen molar-refractivity contribution < 1.29 is 9.53 Å². The summed E-state index contributed by atoms with van der Waals surface area (Å²) in [5, 5.41) is 8.89. The van der Waals surface area contributed by atoms with Gasteiger partial charge in [-0.1, -0.05) is 95.5 Å². The number of alkyl halides is 3. The molecule has 0 aliphatic rings. The van der Waals surface area contributed by atoms with Crippen LogP contribution < -0.4 is 20.7 Å². The van der Waals surface area contributed by atoms with Gasteiger partial charge in [0.15, 0.2) is 5.11 Å². The van der Waals surface area contributed by atoms with Crippen molar-refractivity contribution in [2.75, 3.05) is 11.9 Å². The van der Waals surface area contributed by atoms with Gasteiger partial charge in [0.25, 0.3) is 0 Å². The van der Waals surface area contributed by atoms with Crippen LogP contribution in [0.15, 0.2) is 84.9 Å². The van der Waals surface area contributed by atoms with Crippen LogP contribution in [0.1, 0.15) is 24.0 Å².